The minimum Gasteiger partial charge on any atom is -0.331 e. The van der Waals surface area contributed by atoms with Crippen molar-refractivity contribution in [3.05, 3.63) is 64.7 Å². The summed E-state index contributed by atoms with van der Waals surface area (Å²) in [7, 11) is 0. The van der Waals surface area contributed by atoms with Crippen LogP contribution < -0.4 is 0 Å². The molecule has 0 fully saturated rings. The first-order valence-electron chi connectivity index (χ1n) is 10.2. The van der Waals surface area contributed by atoms with E-state index in [1.165, 1.54) is 6.07 Å². The fourth-order valence-corrected chi connectivity index (χ4v) is 3.75. The zero-order valence-corrected chi connectivity index (χ0v) is 17.8. The van der Waals surface area contributed by atoms with Crippen molar-refractivity contribution in [2.45, 2.75) is 52.6 Å². The van der Waals surface area contributed by atoms with E-state index < -0.39 is 0 Å². The first kappa shape index (κ1) is 21.3. The number of hydrogen-bond acceptors (Lipinski definition) is 2. The summed E-state index contributed by atoms with van der Waals surface area (Å²) in [6, 6.07) is 12.1. The number of amides is 1. The van der Waals surface area contributed by atoms with E-state index in [0.29, 0.717) is 35.0 Å². The second-order valence-corrected chi connectivity index (χ2v) is 7.61. The molecule has 0 N–H and O–H groups in total. The van der Waals surface area contributed by atoms with Gasteiger partial charge in [-0.1, -0.05) is 56.5 Å². The zero-order valence-electron chi connectivity index (χ0n) is 17.0. The number of aryl methyl sites for hydroxylation is 1. The summed E-state index contributed by atoms with van der Waals surface area (Å²) in [5.41, 5.74) is 1.60. The van der Waals surface area contributed by atoms with E-state index >= 15 is 0 Å². The number of rotatable bonds is 9. The molecule has 0 radical (unpaired) electrons. The van der Waals surface area contributed by atoms with Gasteiger partial charge in [-0.3, -0.25) is 4.79 Å². The third kappa shape index (κ3) is 4.78. The van der Waals surface area contributed by atoms with E-state index in [1.807, 2.05) is 22.8 Å². The molecule has 1 amide bonds. The van der Waals surface area contributed by atoms with E-state index in [4.69, 9.17) is 11.6 Å². The molecular weight excluding hydrogens is 389 g/mol. The minimum atomic E-state index is -0.339. The second kappa shape index (κ2) is 9.88. The predicted octanol–water partition coefficient (Wildman–Crippen LogP) is 6.07. The number of aromatic nitrogens is 2. The van der Waals surface area contributed by atoms with Crippen molar-refractivity contribution in [1.29, 1.82) is 0 Å². The Morgan fingerprint density at radius 1 is 1.10 bits per heavy atom. The Morgan fingerprint density at radius 2 is 1.90 bits per heavy atom. The fraction of sp³-hybridized carbons (Fsp3) is 0.391. The lowest BCUT2D eigenvalue weighted by molar-refractivity contribution is 0.0734. The number of halogens is 2. The molecule has 0 bridgehead atoms. The average Bonchev–Trinajstić information content (AvgIpc) is 3.06. The van der Waals surface area contributed by atoms with Crippen LogP contribution in [-0.4, -0.2) is 26.9 Å². The van der Waals surface area contributed by atoms with Gasteiger partial charge in [-0.05, 0) is 37.1 Å². The molecule has 29 heavy (non-hydrogen) atoms. The summed E-state index contributed by atoms with van der Waals surface area (Å²) in [6.07, 6.45) is 3.89. The maximum atomic E-state index is 14.3. The number of fused-ring (bicyclic) bond motifs is 1. The van der Waals surface area contributed by atoms with Crippen molar-refractivity contribution in [2.24, 2.45) is 0 Å². The van der Waals surface area contributed by atoms with Crippen LogP contribution in [-0.2, 0) is 13.1 Å². The number of hydrogen-bond donors (Lipinski definition) is 0. The summed E-state index contributed by atoms with van der Waals surface area (Å²) >= 11 is 6.28. The van der Waals surface area contributed by atoms with E-state index in [-0.39, 0.29) is 11.7 Å². The number of imidazole rings is 1. The molecular formula is C23H27ClFN3O. The lowest BCUT2D eigenvalue weighted by Crippen LogP contribution is -2.33. The van der Waals surface area contributed by atoms with Gasteiger partial charge in [0.05, 0.1) is 22.6 Å². The maximum absolute atomic E-state index is 14.3. The van der Waals surface area contributed by atoms with Crippen molar-refractivity contribution < 1.29 is 9.18 Å². The number of nitrogens with zero attached hydrogens (tertiary/aromatic N) is 3. The highest BCUT2D eigenvalue weighted by Crippen LogP contribution is 2.23. The first-order chi connectivity index (χ1) is 14.1. The molecule has 3 rings (SSSR count). The van der Waals surface area contributed by atoms with Gasteiger partial charge in [0.25, 0.3) is 5.91 Å². The molecule has 2 aromatic carbocycles. The van der Waals surface area contributed by atoms with Gasteiger partial charge in [-0.2, -0.15) is 0 Å². The lowest BCUT2D eigenvalue weighted by Gasteiger charge is -2.23. The van der Waals surface area contributed by atoms with Crippen LogP contribution >= 0.6 is 11.6 Å². The largest absolute Gasteiger partial charge is 0.331 e. The average molecular weight is 416 g/mol. The molecule has 0 atom stereocenters. The fourth-order valence-electron chi connectivity index (χ4n) is 3.54. The summed E-state index contributed by atoms with van der Waals surface area (Å²) in [4.78, 5) is 19.6. The van der Waals surface area contributed by atoms with Gasteiger partial charge < -0.3 is 9.47 Å². The number of para-hydroxylation sites is 1. The number of benzene rings is 2. The zero-order chi connectivity index (χ0) is 20.8. The Labute approximate surface area is 176 Å². The maximum Gasteiger partial charge on any atom is 0.255 e. The Balaban J connectivity index is 1.97. The molecule has 0 unspecified atom stereocenters. The predicted molar refractivity (Wildman–Crippen MR) is 116 cm³/mol. The van der Waals surface area contributed by atoms with Crippen molar-refractivity contribution in [2.75, 3.05) is 6.54 Å². The van der Waals surface area contributed by atoms with Gasteiger partial charge in [0.15, 0.2) is 5.82 Å². The van der Waals surface area contributed by atoms with Crippen LogP contribution in [0.15, 0.2) is 42.5 Å². The second-order valence-electron chi connectivity index (χ2n) is 7.20. The standard InChI is InChI=1S/C23H27ClFN3O/c1-3-5-8-15-27(23(29)17-10-6-7-11-18(17)24)16-21-26-22-19(25)12-9-13-20(22)28(21)14-4-2/h6-7,9-13H,3-5,8,14-16H2,1-2H3. The summed E-state index contributed by atoms with van der Waals surface area (Å²) in [5, 5.41) is 0.436. The number of carbonyl (C=O) groups excluding carboxylic acids is 1. The topological polar surface area (TPSA) is 38.1 Å². The van der Waals surface area contributed by atoms with Crippen molar-refractivity contribution in [1.82, 2.24) is 14.5 Å². The summed E-state index contributed by atoms with van der Waals surface area (Å²) in [6.45, 7) is 5.85. The number of carbonyl (C=O) groups is 1. The quantitative estimate of drug-likeness (QED) is 0.398. The van der Waals surface area contributed by atoms with Crippen LogP contribution in [0.1, 0.15) is 55.7 Å². The molecule has 154 valence electrons. The molecule has 3 aromatic rings. The van der Waals surface area contributed by atoms with E-state index in [2.05, 4.69) is 18.8 Å². The Hall–Kier alpha value is -2.40. The van der Waals surface area contributed by atoms with Crippen LogP contribution in [0.5, 0.6) is 0 Å². The third-order valence-corrected chi connectivity index (χ3v) is 5.34. The van der Waals surface area contributed by atoms with Crippen molar-refractivity contribution in [3.8, 4) is 0 Å². The Bertz CT molecular complexity index is 985. The SMILES string of the molecule is CCCCCN(Cc1nc2c(F)cccc2n1CCC)C(=O)c1ccccc1Cl. The van der Waals surface area contributed by atoms with Gasteiger partial charge in [-0.15, -0.1) is 0 Å². The lowest BCUT2D eigenvalue weighted by atomic mass is 10.1. The summed E-state index contributed by atoms with van der Waals surface area (Å²) in [5.74, 6) is 0.236. The molecule has 1 heterocycles. The molecule has 0 spiro atoms. The van der Waals surface area contributed by atoms with Crippen LogP contribution in [0.2, 0.25) is 5.02 Å². The van der Waals surface area contributed by atoms with E-state index in [9.17, 15) is 9.18 Å². The normalized spacial score (nSPS) is 11.2. The third-order valence-electron chi connectivity index (χ3n) is 5.01. The van der Waals surface area contributed by atoms with Gasteiger partial charge in [0, 0.05) is 13.1 Å². The smallest absolute Gasteiger partial charge is 0.255 e. The van der Waals surface area contributed by atoms with Gasteiger partial charge >= 0.3 is 0 Å². The van der Waals surface area contributed by atoms with Gasteiger partial charge in [0.2, 0.25) is 0 Å². The molecule has 0 aliphatic rings. The molecule has 0 aliphatic carbocycles. The molecule has 0 aliphatic heterocycles. The minimum absolute atomic E-state index is 0.123. The molecule has 6 heteroatoms. The Morgan fingerprint density at radius 3 is 2.62 bits per heavy atom. The van der Waals surface area contributed by atoms with Gasteiger partial charge in [0.1, 0.15) is 11.3 Å². The van der Waals surface area contributed by atoms with E-state index in [0.717, 1.165) is 37.7 Å². The molecule has 4 nitrogen and oxygen atoms in total. The van der Waals surface area contributed by atoms with Crippen LogP contribution in [0, 0.1) is 5.82 Å². The molecule has 0 saturated carbocycles. The van der Waals surface area contributed by atoms with Crippen LogP contribution in [0.4, 0.5) is 4.39 Å². The molecule has 1 aromatic heterocycles. The monoisotopic (exact) mass is 415 g/mol. The highest BCUT2D eigenvalue weighted by molar-refractivity contribution is 6.33. The highest BCUT2D eigenvalue weighted by Gasteiger charge is 2.22. The van der Waals surface area contributed by atoms with Crippen molar-refractivity contribution >= 4 is 28.5 Å². The number of unbranched alkanes of at least 4 members (excludes halogenated alkanes) is 2. The van der Waals surface area contributed by atoms with Crippen LogP contribution in [0.3, 0.4) is 0 Å². The van der Waals surface area contributed by atoms with Crippen LogP contribution in [0.25, 0.3) is 11.0 Å². The van der Waals surface area contributed by atoms with E-state index in [1.54, 1.807) is 23.1 Å². The molecule has 0 saturated heterocycles. The first-order valence-corrected chi connectivity index (χ1v) is 10.6. The Kier molecular flexibility index (Phi) is 7.26. The highest BCUT2D eigenvalue weighted by atomic mass is 35.5. The van der Waals surface area contributed by atoms with Gasteiger partial charge in [-0.25, -0.2) is 9.37 Å². The van der Waals surface area contributed by atoms with Crippen molar-refractivity contribution in [3.63, 3.8) is 0 Å². The summed E-state index contributed by atoms with van der Waals surface area (Å²) < 4.78 is 16.3.